The Hall–Kier alpha value is -2.13. The number of benzene rings is 1. The SMILES string of the molecule is CC[Si](CC)(O[C@@H]1Cc2c(c(OC)c(C)c(OC)c2OC)NC[C@H]2[C@@H]1N2C(=O)OC)C(C)C. The molecule has 186 valence electrons. The first kappa shape index (κ1) is 25.5. The molecule has 0 spiro atoms. The molecule has 3 rings (SSSR count). The van der Waals surface area contributed by atoms with Gasteiger partial charge in [-0.15, -0.1) is 0 Å². The molecule has 0 saturated carbocycles. The van der Waals surface area contributed by atoms with Crippen LogP contribution in [0.5, 0.6) is 17.2 Å². The summed E-state index contributed by atoms with van der Waals surface area (Å²) in [4.78, 5) is 14.4. The van der Waals surface area contributed by atoms with Crippen LogP contribution < -0.4 is 19.5 Å². The van der Waals surface area contributed by atoms with E-state index in [1.54, 1.807) is 26.2 Å². The lowest BCUT2D eigenvalue weighted by Gasteiger charge is -2.38. The molecule has 1 aromatic carbocycles. The van der Waals surface area contributed by atoms with Crippen LogP contribution in [-0.2, 0) is 15.6 Å². The Morgan fingerprint density at radius 1 is 1.06 bits per heavy atom. The second-order valence-electron chi connectivity index (χ2n) is 9.18. The van der Waals surface area contributed by atoms with Gasteiger partial charge in [-0.3, -0.25) is 4.90 Å². The van der Waals surface area contributed by atoms with Gasteiger partial charge in [-0.05, 0) is 24.6 Å². The van der Waals surface area contributed by atoms with Crippen molar-refractivity contribution in [3.05, 3.63) is 11.1 Å². The highest BCUT2D eigenvalue weighted by Gasteiger charge is 2.58. The van der Waals surface area contributed by atoms with Crippen LogP contribution in [0.2, 0.25) is 17.6 Å². The van der Waals surface area contributed by atoms with E-state index in [9.17, 15) is 4.79 Å². The van der Waals surface area contributed by atoms with Gasteiger partial charge in [0.25, 0.3) is 0 Å². The van der Waals surface area contributed by atoms with Crippen LogP contribution in [0.4, 0.5) is 10.5 Å². The summed E-state index contributed by atoms with van der Waals surface area (Å²) in [7, 11) is 4.35. The molecule has 2 aliphatic rings. The van der Waals surface area contributed by atoms with Crippen LogP contribution in [0, 0.1) is 6.92 Å². The number of carbonyl (C=O) groups is 1. The van der Waals surface area contributed by atoms with E-state index in [2.05, 4.69) is 33.0 Å². The number of nitrogens with zero attached hydrogens (tertiary/aromatic N) is 1. The number of hydrogen-bond acceptors (Lipinski definition) is 7. The predicted molar refractivity (Wildman–Crippen MR) is 132 cm³/mol. The third-order valence-corrected chi connectivity index (χ3v) is 12.9. The first-order valence-electron chi connectivity index (χ1n) is 11.8. The van der Waals surface area contributed by atoms with Crippen molar-refractivity contribution in [1.82, 2.24) is 4.90 Å². The van der Waals surface area contributed by atoms with Crippen molar-refractivity contribution in [2.45, 2.75) is 76.9 Å². The van der Waals surface area contributed by atoms with Crippen molar-refractivity contribution in [3.8, 4) is 17.2 Å². The lowest BCUT2D eigenvalue weighted by Crippen LogP contribution is -2.47. The Kier molecular flexibility index (Phi) is 7.73. The van der Waals surface area contributed by atoms with Gasteiger partial charge in [-0.2, -0.15) is 0 Å². The summed E-state index contributed by atoms with van der Waals surface area (Å²) in [6.45, 7) is 11.5. The second-order valence-corrected chi connectivity index (χ2v) is 14.1. The van der Waals surface area contributed by atoms with E-state index in [-0.39, 0.29) is 24.3 Å². The zero-order chi connectivity index (χ0) is 24.5. The zero-order valence-corrected chi connectivity index (χ0v) is 22.5. The molecule has 2 aliphatic heterocycles. The van der Waals surface area contributed by atoms with Crippen molar-refractivity contribution in [1.29, 1.82) is 0 Å². The lowest BCUT2D eigenvalue weighted by molar-refractivity contribution is 0.131. The summed E-state index contributed by atoms with van der Waals surface area (Å²) in [5.74, 6) is 2.06. The van der Waals surface area contributed by atoms with Crippen LogP contribution in [-0.4, -0.2) is 72.5 Å². The maximum atomic E-state index is 12.6. The zero-order valence-electron chi connectivity index (χ0n) is 21.5. The van der Waals surface area contributed by atoms with Crippen molar-refractivity contribution < 1.29 is 28.2 Å². The molecular weight excluding hydrogens is 440 g/mol. The highest BCUT2D eigenvalue weighted by molar-refractivity contribution is 6.75. The first-order valence-corrected chi connectivity index (χ1v) is 14.2. The van der Waals surface area contributed by atoms with Gasteiger partial charge in [0.15, 0.2) is 19.8 Å². The molecule has 3 atom stereocenters. The third-order valence-electron chi connectivity index (χ3n) is 7.58. The fourth-order valence-electron chi connectivity index (χ4n) is 5.57. The summed E-state index contributed by atoms with van der Waals surface area (Å²) in [5.41, 5.74) is 3.16. The summed E-state index contributed by atoms with van der Waals surface area (Å²) < 4.78 is 29.6. The van der Waals surface area contributed by atoms with Crippen molar-refractivity contribution in [3.63, 3.8) is 0 Å². The number of anilines is 1. The van der Waals surface area contributed by atoms with Crippen LogP contribution in [0.1, 0.15) is 38.8 Å². The van der Waals surface area contributed by atoms with Gasteiger partial charge in [0.2, 0.25) is 0 Å². The minimum Gasteiger partial charge on any atom is -0.494 e. The molecule has 0 aliphatic carbocycles. The smallest absolute Gasteiger partial charge is 0.410 e. The maximum absolute atomic E-state index is 12.6. The predicted octanol–water partition coefficient (Wildman–Crippen LogP) is 4.59. The minimum atomic E-state index is -2.04. The van der Waals surface area contributed by atoms with Gasteiger partial charge in [0, 0.05) is 24.1 Å². The number of fused-ring (bicyclic) bond motifs is 2. The van der Waals surface area contributed by atoms with Crippen molar-refractivity contribution >= 4 is 20.1 Å². The average molecular weight is 481 g/mol. The number of carbonyl (C=O) groups excluding carboxylic acids is 1. The Morgan fingerprint density at radius 3 is 2.15 bits per heavy atom. The molecule has 1 amide bonds. The molecule has 0 bridgehead atoms. The Morgan fingerprint density at radius 2 is 1.67 bits per heavy atom. The number of methoxy groups -OCH3 is 4. The molecule has 8 nitrogen and oxygen atoms in total. The van der Waals surface area contributed by atoms with Crippen LogP contribution in [0.3, 0.4) is 0 Å². The van der Waals surface area contributed by atoms with Gasteiger partial charge >= 0.3 is 6.09 Å². The molecule has 1 N–H and O–H groups in total. The van der Waals surface area contributed by atoms with E-state index in [0.717, 1.165) is 34.7 Å². The van der Waals surface area contributed by atoms with Crippen LogP contribution in [0.25, 0.3) is 0 Å². The highest BCUT2D eigenvalue weighted by Crippen LogP contribution is 2.50. The molecule has 9 heteroatoms. The fraction of sp³-hybridized carbons (Fsp3) is 0.708. The van der Waals surface area contributed by atoms with Crippen LogP contribution in [0.15, 0.2) is 0 Å². The Labute approximate surface area is 199 Å². The number of rotatable bonds is 8. The monoisotopic (exact) mass is 480 g/mol. The van der Waals surface area contributed by atoms with Crippen molar-refractivity contribution in [2.75, 3.05) is 40.3 Å². The topological polar surface area (TPSA) is 78.3 Å². The Bertz CT molecular complexity index is 873. The number of amides is 1. The van der Waals surface area contributed by atoms with E-state index in [0.29, 0.717) is 30.0 Å². The van der Waals surface area contributed by atoms with Gasteiger partial charge in [-0.1, -0.05) is 27.7 Å². The fourth-order valence-corrected chi connectivity index (χ4v) is 9.13. The summed E-state index contributed by atoms with van der Waals surface area (Å²) in [5, 5.41) is 3.53. The molecule has 2 heterocycles. The minimum absolute atomic E-state index is 0.00119. The standard InChI is InChI=1S/C24H40N2O6Si/c1-10-33(11-2,14(3)4)32-18-12-16-19(25-13-17-20(18)26(17)24(27)31-9)21(28-6)15(5)22(29-7)23(16)30-8/h14,17-18,20,25H,10-13H2,1-9H3/t17-,18+,20-,26?/m0/s1. The van der Waals surface area contributed by atoms with E-state index in [4.69, 9.17) is 23.4 Å². The number of hydrogen-bond donors (Lipinski definition) is 1. The molecule has 1 fully saturated rings. The number of ether oxygens (including phenoxy) is 4. The molecule has 0 unspecified atom stereocenters. The average Bonchev–Trinajstić information content (AvgIpc) is 3.52. The molecule has 1 saturated heterocycles. The number of nitrogens with one attached hydrogen (secondary N) is 1. The molecule has 0 radical (unpaired) electrons. The third kappa shape index (κ3) is 4.25. The molecule has 0 aromatic heterocycles. The first-order chi connectivity index (χ1) is 15.7. The van der Waals surface area contributed by atoms with Gasteiger partial charge < -0.3 is 28.7 Å². The summed E-state index contributed by atoms with van der Waals surface area (Å²) in [6, 6.07) is 2.00. The molecule has 33 heavy (non-hydrogen) atoms. The normalized spacial score (nSPS) is 21.9. The van der Waals surface area contributed by atoms with E-state index in [1.165, 1.54) is 7.11 Å². The lowest BCUT2D eigenvalue weighted by atomic mass is 9.96. The van der Waals surface area contributed by atoms with Gasteiger partial charge in [0.05, 0.1) is 52.3 Å². The van der Waals surface area contributed by atoms with Gasteiger partial charge in [0.1, 0.15) is 5.75 Å². The quantitative estimate of drug-likeness (QED) is 0.431. The second kappa shape index (κ2) is 10.0. The van der Waals surface area contributed by atoms with E-state index >= 15 is 0 Å². The maximum Gasteiger partial charge on any atom is 0.410 e. The van der Waals surface area contributed by atoms with Crippen LogP contribution >= 0.6 is 0 Å². The van der Waals surface area contributed by atoms with E-state index in [1.807, 2.05) is 6.92 Å². The molecular formula is C24H40N2O6Si. The van der Waals surface area contributed by atoms with E-state index < -0.39 is 8.32 Å². The van der Waals surface area contributed by atoms with Gasteiger partial charge in [-0.25, -0.2) is 4.79 Å². The molecule has 1 aromatic rings. The summed E-state index contributed by atoms with van der Waals surface area (Å²) in [6.07, 6.45) is 0.0908. The largest absolute Gasteiger partial charge is 0.494 e. The van der Waals surface area contributed by atoms with Crippen molar-refractivity contribution in [2.24, 2.45) is 0 Å². The Balaban J connectivity index is 2.15. The highest BCUT2D eigenvalue weighted by atomic mass is 28.4. The summed E-state index contributed by atoms with van der Waals surface area (Å²) >= 11 is 0.